The molecular formula is C14H29NO2. The first-order valence-corrected chi connectivity index (χ1v) is 7.28. The first kappa shape index (κ1) is 14.9. The normalized spacial score (nSPS) is 25.4. The predicted octanol–water partition coefficient (Wildman–Crippen LogP) is 2.94. The van der Waals surface area contributed by atoms with Crippen LogP contribution in [0.5, 0.6) is 0 Å². The van der Waals surface area contributed by atoms with E-state index in [9.17, 15) is 0 Å². The Morgan fingerprint density at radius 1 is 1.06 bits per heavy atom. The fourth-order valence-electron chi connectivity index (χ4n) is 2.75. The molecule has 0 aromatic carbocycles. The van der Waals surface area contributed by atoms with Crippen LogP contribution in [0.1, 0.15) is 52.9 Å². The molecule has 1 aliphatic carbocycles. The molecule has 3 nitrogen and oxygen atoms in total. The van der Waals surface area contributed by atoms with Gasteiger partial charge in [-0.2, -0.15) is 0 Å². The Bertz CT molecular complexity index is 181. The highest BCUT2D eigenvalue weighted by atomic mass is 16.7. The van der Waals surface area contributed by atoms with Crippen LogP contribution in [-0.4, -0.2) is 32.1 Å². The SMILES string of the molecule is CCOC(CNC1CCCCC1CC)OCC. The third-order valence-electron chi connectivity index (χ3n) is 3.69. The Morgan fingerprint density at radius 3 is 2.29 bits per heavy atom. The largest absolute Gasteiger partial charge is 0.352 e. The van der Waals surface area contributed by atoms with E-state index in [2.05, 4.69) is 12.2 Å². The summed E-state index contributed by atoms with van der Waals surface area (Å²) in [6, 6.07) is 0.664. The van der Waals surface area contributed by atoms with Crippen molar-refractivity contribution in [2.75, 3.05) is 19.8 Å². The number of rotatable bonds is 8. The van der Waals surface area contributed by atoms with Gasteiger partial charge in [0.2, 0.25) is 0 Å². The molecular weight excluding hydrogens is 214 g/mol. The van der Waals surface area contributed by atoms with Crippen molar-refractivity contribution in [3.63, 3.8) is 0 Å². The Morgan fingerprint density at radius 2 is 1.71 bits per heavy atom. The Labute approximate surface area is 106 Å². The van der Waals surface area contributed by atoms with Gasteiger partial charge in [0.15, 0.2) is 6.29 Å². The minimum absolute atomic E-state index is 0.0792. The molecule has 0 spiro atoms. The monoisotopic (exact) mass is 243 g/mol. The lowest BCUT2D eigenvalue weighted by Crippen LogP contribution is -2.43. The maximum atomic E-state index is 5.56. The van der Waals surface area contributed by atoms with Gasteiger partial charge in [-0.3, -0.25) is 0 Å². The van der Waals surface area contributed by atoms with Crippen molar-refractivity contribution >= 4 is 0 Å². The second kappa shape index (κ2) is 8.90. The molecule has 1 saturated carbocycles. The van der Waals surface area contributed by atoms with Gasteiger partial charge in [0, 0.05) is 25.8 Å². The van der Waals surface area contributed by atoms with E-state index >= 15 is 0 Å². The van der Waals surface area contributed by atoms with Crippen molar-refractivity contribution in [1.29, 1.82) is 0 Å². The molecule has 3 heteroatoms. The summed E-state index contributed by atoms with van der Waals surface area (Å²) in [4.78, 5) is 0. The number of hydrogen-bond donors (Lipinski definition) is 1. The van der Waals surface area contributed by atoms with Gasteiger partial charge in [-0.15, -0.1) is 0 Å². The fraction of sp³-hybridized carbons (Fsp3) is 1.00. The van der Waals surface area contributed by atoms with Crippen molar-refractivity contribution in [1.82, 2.24) is 5.32 Å². The quantitative estimate of drug-likeness (QED) is 0.665. The smallest absolute Gasteiger partial charge is 0.169 e. The molecule has 2 unspecified atom stereocenters. The maximum absolute atomic E-state index is 5.56. The van der Waals surface area contributed by atoms with Crippen LogP contribution in [0.3, 0.4) is 0 Å². The summed E-state index contributed by atoms with van der Waals surface area (Å²) in [7, 11) is 0. The summed E-state index contributed by atoms with van der Waals surface area (Å²) in [6.07, 6.45) is 6.65. The summed E-state index contributed by atoms with van der Waals surface area (Å²) in [5.41, 5.74) is 0. The van der Waals surface area contributed by atoms with Crippen LogP contribution < -0.4 is 5.32 Å². The van der Waals surface area contributed by atoms with Crippen molar-refractivity contribution in [2.24, 2.45) is 5.92 Å². The average molecular weight is 243 g/mol. The van der Waals surface area contributed by atoms with E-state index in [1.54, 1.807) is 0 Å². The lowest BCUT2D eigenvalue weighted by Gasteiger charge is -2.32. The minimum atomic E-state index is -0.0792. The molecule has 0 radical (unpaired) electrons. The predicted molar refractivity (Wildman–Crippen MR) is 71.1 cm³/mol. The molecule has 17 heavy (non-hydrogen) atoms. The van der Waals surface area contributed by atoms with E-state index in [1.165, 1.54) is 32.1 Å². The van der Waals surface area contributed by atoms with Crippen molar-refractivity contribution in [2.45, 2.75) is 65.2 Å². The van der Waals surface area contributed by atoms with Gasteiger partial charge in [-0.1, -0.05) is 26.2 Å². The molecule has 102 valence electrons. The van der Waals surface area contributed by atoms with Gasteiger partial charge in [-0.25, -0.2) is 0 Å². The first-order chi connectivity index (χ1) is 8.31. The zero-order valence-corrected chi connectivity index (χ0v) is 11.7. The van der Waals surface area contributed by atoms with Gasteiger partial charge >= 0.3 is 0 Å². The molecule has 1 rings (SSSR count). The highest BCUT2D eigenvalue weighted by Gasteiger charge is 2.23. The maximum Gasteiger partial charge on any atom is 0.169 e. The van der Waals surface area contributed by atoms with Crippen LogP contribution in [0.4, 0.5) is 0 Å². The molecule has 0 heterocycles. The molecule has 0 amide bonds. The lowest BCUT2D eigenvalue weighted by molar-refractivity contribution is -0.134. The zero-order valence-electron chi connectivity index (χ0n) is 11.7. The molecule has 0 saturated heterocycles. The van der Waals surface area contributed by atoms with Crippen molar-refractivity contribution in [3.8, 4) is 0 Å². The summed E-state index contributed by atoms with van der Waals surface area (Å²) in [6.45, 7) is 8.58. The van der Waals surface area contributed by atoms with E-state index in [-0.39, 0.29) is 6.29 Å². The van der Waals surface area contributed by atoms with Crippen LogP contribution in [0.2, 0.25) is 0 Å². The third kappa shape index (κ3) is 5.36. The molecule has 1 N–H and O–H groups in total. The minimum Gasteiger partial charge on any atom is -0.352 e. The number of ether oxygens (including phenoxy) is 2. The third-order valence-corrected chi connectivity index (χ3v) is 3.69. The van der Waals surface area contributed by atoms with E-state index < -0.39 is 0 Å². The fourth-order valence-corrected chi connectivity index (χ4v) is 2.75. The van der Waals surface area contributed by atoms with E-state index in [4.69, 9.17) is 9.47 Å². The van der Waals surface area contributed by atoms with E-state index in [0.29, 0.717) is 19.3 Å². The van der Waals surface area contributed by atoms with Gasteiger partial charge in [0.25, 0.3) is 0 Å². The van der Waals surface area contributed by atoms with E-state index in [0.717, 1.165) is 12.5 Å². The molecule has 2 atom stereocenters. The first-order valence-electron chi connectivity index (χ1n) is 7.28. The van der Waals surface area contributed by atoms with Crippen LogP contribution in [0.25, 0.3) is 0 Å². The van der Waals surface area contributed by atoms with Crippen LogP contribution >= 0.6 is 0 Å². The highest BCUT2D eigenvalue weighted by molar-refractivity contribution is 4.80. The van der Waals surface area contributed by atoms with Gasteiger partial charge in [-0.05, 0) is 32.6 Å². The number of nitrogens with one attached hydrogen (secondary N) is 1. The van der Waals surface area contributed by atoms with E-state index in [1.807, 2.05) is 13.8 Å². The second-order valence-electron chi connectivity index (χ2n) is 4.81. The molecule has 0 aliphatic heterocycles. The standard InChI is InChI=1S/C14H29NO2/c1-4-12-9-7-8-10-13(12)15-11-14(16-5-2)17-6-3/h12-15H,4-11H2,1-3H3. The molecule has 1 fully saturated rings. The van der Waals surface area contributed by atoms with Gasteiger partial charge in [0.1, 0.15) is 0 Å². The lowest BCUT2D eigenvalue weighted by atomic mass is 9.83. The Kier molecular flexibility index (Phi) is 7.82. The van der Waals surface area contributed by atoms with Crippen LogP contribution in [0.15, 0.2) is 0 Å². The second-order valence-corrected chi connectivity index (χ2v) is 4.81. The van der Waals surface area contributed by atoms with Gasteiger partial charge < -0.3 is 14.8 Å². The van der Waals surface area contributed by atoms with Gasteiger partial charge in [0.05, 0.1) is 0 Å². The number of hydrogen-bond acceptors (Lipinski definition) is 3. The Balaban J connectivity index is 2.30. The molecule has 0 aromatic rings. The topological polar surface area (TPSA) is 30.5 Å². The summed E-state index contributed by atoms with van der Waals surface area (Å²) in [5.74, 6) is 0.840. The zero-order chi connectivity index (χ0) is 12.5. The summed E-state index contributed by atoms with van der Waals surface area (Å²) in [5, 5.41) is 3.64. The van der Waals surface area contributed by atoms with Crippen LogP contribution in [-0.2, 0) is 9.47 Å². The average Bonchev–Trinajstić information content (AvgIpc) is 2.37. The van der Waals surface area contributed by atoms with Crippen molar-refractivity contribution in [3.05, 3.63) is 0 Å². The molecule has 0 aromatic heterocycles. The highest BCUT2D eigenvalue weighted by Crippen LogP contribution is 2.26. The van der Waals surface area contributed by atoms with Crippen LogP contribution in [0, 0.1) is 5.92 Å². The summed E-state index contributed by atoms with van der Waals surface area (Å²) < 4.78 is 11.1. The molecule has 1 aliphatic rings. The Hall–Kier alpha value is -0.120. The summed E-state index contributed by atoms with van der Waals surface area (Å²) >= 11 is 0. The van der Waals surface area contributed by atoms with Crippen molar-refractivity contribution < 1.29 is 9.47 Å². The molecule has 0 bridgehead atoms.